The molecular weight excluding hydrogens is 208 g/mol. The van der Waals surface area contributed by atoms with Gasteiger partial charge in [0.15, 0.2) is 0 Å². The van der Waals surface area contributed by atoms with E-state index in [1.54, 1.807) is 24.3 Å². The van der Waals surface area contributed by atoms with E-state index in [1.807, 2.05) is 6.07 Å². The molecule has 0 aromatic heterocycles. The molecule has 3 rings (SSSR count). The number of hydrogen-bond donors (Lipinski definition) is 1. The first-order chi connectivity index (χ1) is 10.4. The molecule has 3 aromatic rings. The molecule has 0 spiro atoms. The SMILES string of the molecule is [2H]c1c([2H])c([2H])c(-c2cc(O)c3ccccc3c2)c([2H])c1[2H]. The Morgan fingerprint density at radius 3 is 2.47 bits per heavy atom. The summed E-state index contributed by atoms with van der Waals surface area (Å²) in [7, 11) is 0. The molecule has 0 saturated heterocycles. The van der Waals surface area contributed by atoms with Crippen molar-refractivity contribution in [3.63, 3.8) is 0 Å². The summed E-state index contributed by atoms with van der Waals surface area (Å²) in [5.74, 6) is 0.0138. The van der Waals surface area contributed by atoms with Gasteiger partial charge in [0, 0.05) is 5.39 Å². The maximum absolute atomic E-state index is 10.1. The zero-order valence-corrected chi connectivity index (χ0v) is 8.91. The Kier molecular flexibility index (Phi) is 1.36. The quantitative estimate of drug-likeness (QED) is 0.657. The molecule has 0 aliphatic heterocycles. The molecule has 17 heavy (non-hydrogen) atoms. The molecule has 1 heteroatoms. The van der Waals surface area contributed by atoms with Crippen molar-refractivity contribution < 1.29 is 12.0 Å². The highest BCUT2D eigenvalue weighted by Gasteiger charge is 2.03. The normalized spacial score (nSPS) is 14.7. The fraction of sp³-hybridized carbons (Fsp3) is 0. The third kappa shape index (κ3) is 1.76. The Balaban J connectivity index is 2.38. The van der Waals surface area contributed by atoms with Crippen LogP contribution in [-0.4, -0.2) is 5.11 Å². The highest BCUT2D eigenvalue weighted by Crippen LogP contribution is 2.31. The first kappa shape index (κ1) is 5.87. The highest BCUT2D eigenvalue weighted by molar-refractivity contribution is 5.92. The van der Waals surface area contributed by atoms with Crippen LogP contribution in [0.2, 0.25) is 0 Å². The predicted molar refractivity (Wildman–Crippen MR) is 71.0 cm³/mol. The Labute approximate surface area is 107 Å². The van der Waals surface area contributed by atoms with Gasteiger partial charge in [0.1, 0.15) is 5.75 Å². The average Bonchev–Trinajstić information content (AvgIpc) is 2.51. The number of benzene rings is 3. The lowest BCUT2D eigenvalue weighted by atomic mass is 10.0. The van der Waals surface area contributed by atoms with Gasteiger partial charge in [0.25, 0.3) is 0 Å². The van der Waals surface area contributed by atoms with Crippen LogP contribution in [0.3, 0.4) is 0 Å². The molecule has 82 valence electrons. The van der Waals surface area contributed by atoms with Crippen molar-refractivity contribution in [1.82, 2.24) is 0 Å². The molecule has 1 nitrogen and oxygen atoms in total. The monoisotopic (exact) mass is 225 g/mol. The third-order valence-electron chi connectivity index (χ3n) is 2.63. The van der Waals surface area contributed by atoms with E-state index in [9.17, 15) is 5.11 Å². The first-order valence-corrected chi connectivity index (χ1v) is 5.21. The van der Waals surface area contributed by atoms with Gasteiger partial charge < -0.3 is 5.11 Å². The molecule has 0 atom stereocenters. The molecule has 0 bridgehead atoms. The average molecular weight is 225 g/mol. The molecule has 0 heterocycles. The molecule has 0 unspecified atom stereocenters. The zero-order chi connectivity index (χ0) is 16.0. The summed E-state index contributed by atoms with van der Waals surface area (Å²) in [6, 6.07) is 8.56. The fourth-order valence-corrected chi connectivity index (χ4v) is 1.83. The summed E-state index contributed by atoms with van der Waals surface area (Å²) in [5.41, 5.74) is 0.486. The largest absolute Gasteiger partial charge is 0.507 e. The number of phenolic OH excluding ortho intramolecular Hbond substituents is 1. The minimum atomic E-state index is -0.427. The van der Waals surface area contributed by atoms with E-state index in [-0.39, 0.29) is 35.5 Å². The molecule has 1 N–H and O–H groups in total. The summed E-state index contributed by atoms with van der Waals surface area (Å²) in [6.07, 6.45) is 0. The van der Waals surface area contributed by atoms with Crippen LogP contribution in [0.1, 0.15) is 6.85 Å². The maximum atomic E-state index is 10.1. The van der Waals surface area contributed by atoms with Crippen molar-refractivity contribution in [3.8, 4) is 16.9 Å². The van der Waals surface area contributed by atoms with Gasteiger partial charge in [0.05, 0.1) is 6.85 Å². The van der Waals surface area contributed by atoms with Crippen LogP contribution in [0.4, 0.5) is 0 Å². The standard InChI is InChI=1S/C16H12O/c17-16-11-14(12-6-2-1-3-7-12)10-13-8-4-5-9-15(13)16/h1-11,17H/i1D,2D,3D,6D,7D. The Bertz CT molecular complexity index is 876. The summed E-state index contributed by atoms with van der Waals surface area (Å²) in [6.45, 7) is 0. The van der Waals surface area contributed by atoms with Gasteiger partial charge >= 0.3 is 0 Å². The van der Waals surface area contributed by atoms with Gasteiger partial charge in [-0.15, -0.1) is 0 Å². The van der Waals surface area contributed by atoms with Crippen LogP contribution in [0.5, 0.6) is 5.75 Å². The van der Waals surface area contributed by atoms with Crippen LogP contribution in [0, 0.1) is 0 Å². The Morgan fingerprint density at radius 2 is 1.65 bits per heavy atom. The second-order valence-electron chi connectivity index (χ2n) is 3.72. The first-order valence-electron chi connectivity index (χ1n) is 7.71. The van der Waals surface area contributed by atoms with Gasteiger partial charge in [-0.3, -0.25) is 0 Å². The summed E-state index contributed by atoms with van der Waals surface area (Å²) >= 11 is 0. The van der Waals surface area contributed by atoms with Gasteiger partial charge in [-0.2, -0.15) is 0 Å². The van der Waals surface area contributed by atoms with E-state index < -0.39 is 6.04 Å². The third-order valence-corrected chi connectivity index (χ3v) is 2.63. The van der Waals surface area contributed by atoms with E-state index in [1.165, 1.54) is 6.07 Å². The van der Waals surface area contributed by atoms with Crippen molar-refractivity contribution in [2.45, 2.75) is 0 Å². The molecule has 3 aromatic carbocycles. The van der Waals surface area contributed by atoms with Gasteiger partial charge in [-0.25, -0.2) is 0 Å². The van der Waals surface area contributed by atoms with E-state index in [4.69, 9.17) is 6.85 Å². The molecule has 0 saturated carbocycles. The van der Waals surface area contributed by atoms with Gasteiger partial charge in [-0.05, 0) is 28.6 Å². The van der Waals surface area contributed by atoms with E-state index >= 15 is 0 Å². The number of rotatable bonds is 1. The molecule has 0 aliphatic carbocycles. The summed E-state index contributed by atoms with van der Waals surface area (Å²) in [5, 5.41) is 11.5. The van der Waals surface area contributed by atoms with Crippen LogP contribution in [-0.2, 0) is 0 Å². The van der Waals surface area contributed by atoms with Crippen molar-refractivity contribution in [1.29, 1.82) is 0 Å². The molecule has 0 aliphatic rings. The molecular formula is C16H12O. The molecule has 0 amide bonds. The minimum Gasteiger partial charge on any atom is -0.507 e. The number of hydrogen-bond acceptors (Lipinski definition) is 1. The van der Waals surface area contributed by atoms with Gasteiger partial charge in [0.2, 0.25) is 0 Å². The lowest BCUT2D eigenvalue weighted by molar-refractivity contribution is 0.482. The Hall–Kier alpha value is -2.28. The Morgan fingerprint density at radius 1 is 0.882 bits per heavy atom. The van der Waals surface area contributed by atoms with Crippen molar-refractivity contribution in [3.05, 3.63) is 66.6 Å². The number of phenols is 1. The fourth-order valence-electron chi connectivity index (χ4n) is 1.83. The minimum absolute atomic E-state index is 0.0138. The maximum Gasteiger partial charge on any atom is 0.124 e. The lowest BCUT2D eigenvalue weighted by Gasteiger charge is -2.06. The second kappa shape index (κ2) is 3.95. The van der Waals surface area contributed by atoms with Crippen LogP contribution >= 0.6 is 0 Å². The smallest absolute Gasteiger partial charge is 0.124 e. The van der Waals surface area contributed by atoms with Crippen molar-refractivity contribution in [2.24, 2.45) is 0 Å². The van der Waals surface area contributed by atoms with Crippen LogP contribution in [0.25, 0.3) is 21.9 Å². The highest BCUT2D eigenvalue weighted by atomic mass is 16.3. The number of aromatic hydroxyl groups is 1. The molecule has 0 radical (unpaired) electrons. The summed E-state index contributed by atoms with van der Waals surface area (Å²) in [4.78, 5) is 0. The van der Waals surface area contributed by atoms with Crippen molar-refractivity contribution >= 4 is 10.8 Å². The van der Waals surface area contributed by atoms with E-state index in [2.05, 4.69) is 0 Å². The second-order valence-corrected chi connectivity index (χ2v) is 3.72. The van der Waals surface area contributed by atoms with Crippen molar-refractivity contribution in [2.75, 3.05) is 0 Å². The van der Waals surface area contributed by atoms with Crippen LogP contribution in [0.15, 0.2) is 66.6 Å². The van der Waals surface area contributed by atoms with E-state index in [0.29, 0.717) is 10.9 Å². The summed E-state index contributed by atoms with van der Waals surface area (Å²) < 4.78 is 39.1. The van der Waals surface area contributed by atoms with Gasteiger partial charge in [-0.1, -0.05) is 54.5 Å². The van der Waals surface area contributed by atoms with Crippen LogP contribution < -0.4 is 0 Å². The number of fused-ring (bicyclic) bond motifs is 1. The topological polar surface area (TPSA) is 20.2 Å². The zero-order valence-electron chi connectivity index (χ0n) is 13.9. The van der Waals surface area contributed by atoms with E-state index in [0.717, 1.165) is 5.39 Å². The predicted octanol–water partition coefficient (Wildman–Crippen LogP) is 4.21. The molecule has 0 fully saturated rings. The lowest BCUT2D eigenvalue weighted by Crippen LogP contribution is -1.79.